The van der Waals surface area contributed by atoms with Crippen molar-refractivity contribution in [3.8, 4) is 6.07 Å². The van der Waals surface area contributed by atoms with Crippen LogP contribution in [0.5, 0.6) is 0 Å². The molecule has 38 heavy (non-hydrogen) atoms. The molecule has 2 aliphatic rings. The number of nitrogens with zero attached hydrogens (tertiary/aromatic N) is 7. The van der Waals surface area contributed by atoms with Gasteiger partial charge in [-0.2, -0.15) is 23.5 Å². The van der Waals surface area contributed by atoms with Gasteiger partial charge < -0.3 is 14.7 Å². The zero-order valence-electron chi connectivity index (χ0n) is 21.4. The minimum atomic E-state index is -4.44. The lowest BCUT2D eigenvalue weighted by Gasteiger charge is -2.43. The normalized spacial score (nSPS) is 17.9. The molecule has 4 heterocycles. The van der Waals surface area contributed by atoms with Crippen LogP contribution in [0.15, 0.2) is 24.4 Å². The number of hydrogen-bond donors (Lipinski definition) is 0. The molecule has 0 N–H and O–H groups in total. The Bertz CT molecular complexity index is 1410. The summed E-state index contributed by atoms with van der Waals surface area (Å²) in [5, 5.41) is 14.2. The van der Waals surface area contributed by atoms with Crippen LogP contribution in [0.4, 0.5) is 24.0 Å². The molecule has 8 nitrogen and oxygen atoms in total. The second kappa shape index (κ2) is 9.94. The largest absolute Gasteiger partial charge is 0.416 e. The summed E-state index contributed by atoms with van der Waals surface area (Å²) in [5.74, 6) is -0.0268. The maximum Gasteiger partial charge on any atom is 0.416 e. The summed E-state index contributed by atoms with van der Waals surface area (Å²) in [7, 11) is 0. The van der Waals surface area contributed by atoms with Gasteiger partial charge >= 0.3 is 6.18 Å². The molecule has 200 valence electrons. The number of hydrogen-bond acceptors (Lipinski definition) is 7. The van der Waals surface area contributed by atoms with Crippen molar-refractivity contribution in [3.63, 3.8) is 0 Å². The SMILES string of the molecule is Cc1cc(C)n(CC(=O)N2CCN(c3ccc(C(F)(F)F)c4c3CN(c3ncc(C#N)s3)CC4)CC2C)n1. The topological polar surface area (TPSA) is 81.3 Å². The van der Waals surface area contributed by atoms with Gasteiger partial charge in [-0.1, -0.05) is 11.3 Å². The summed E-state index contributed by atoms with van der Waals surface area (Å²) in [6.07, 6.45) is -2.72. The van der Waals surface area contributed by atoms with Crippen LogP contribution in [-0.2, 0) is 30.5 Å². The number of anilines is 2. The first kappa shape index (κ1) is 26.0. The lowest BCUT2D eigenvalue weighted by Crippen LogP contribution is -2.55. The Kier molecular flexibility index (Phi) is 6.81. The number of piperazine rings is 1. The first-order chi connectivity index (χ1) is 18.0. The number of carbonyl (C=O) groups excluding carboxylic acids is 1. The van der Waals surface area contributed by atoms with Gasteiger partial charge in [0.25, 0.3) is 0 Å². The number of aryl methyl sites for hydroxylation is 2. The molecule has 0 aliphatic carbocycles. The number of aromatic nitrogens is 3. The highest BCUT2D eigenvalue weighted by molar-refractivity contribution is 7.16. The average molecular weight is 544 g/mol. The van der Waals surface area contributed by atoms with Gasteiger partial charge in [0.15, 0.2) is 5.13 Å². The monoisotopic (exact) mass is 543 g/mol. The van der Waals surface area contributed by atoms with E-state index in [0.29, 0.717) is 47.3 Å². The molecule has 0 bridgehead atoms. The highest BCUT2D eigenvalue weighted by atomic mass is 32.1. The molecule has 0 spiro atoms. The molecule has 2 aliphatic heterocycles. The van der Waals surface area contributed by atoms with Gasteiger partial charge in [0.05, 0.1) is 17.5 Å². The molecule has 1 atom stereocenters. The Morgan fingerprint density at radius 1 is 1.18 bits per heavy atom. The Hall–Kier alpha value is -3.59. The second-order valence-corrected chi connectivity index (χ2v) is 10.9. The van der Waals surface area contributed by atoms with Gasteiger partial charge in [0.2, 0.25) is 5.91 Å². The molecule has 5 rings (SSSR count). The predicted molar refractivity (Wildman–Crippen MR) is 138 cm³/mol. The highest BCUT2D eigenvalue weighted by Gasteiger charge is 2.38. The molecule has 0 radical (unpaired) electrons. The average Bonchev–Trinajstić information content (AvgIpc) is 3.47. The first-order valence-corrected chi connectivity index (χ1v) is 13.2. The maximum atomic E-state index is 13.9. The number of nitriles is 1. The van der Waals surface area contributed by atoms with Gasteiger partial charge in [0.1, 0.15) is 17.5 Å². The molecule has 1 aromatic carbocycles. The van der Waals surface area contributed by atoms with E-state index < -0.39 is 11.7 Å². The fourth-order valence-corrected chi connectivity index (χ4v) is 6.19. The summed E-state index contributed by atoms with van der Waals surface area (Å²) in [6.45, 7) is 8.09. The van der Waals surface area contributed by atoms with Crippen LogP contribution >= 0.6 is 11.3 Å². The van der Waals surface area contributed by atoms with E-state index in [9.17, 15) is 18.0 Å². The number of benzene rings is 1. The third-order valence-corrected chi connectivity index (χ3v) is 8.21. The van der Waals surface area contributed by atoms with Crippen LogP contribution in [0, 0.1) is 25.2 Å². The number of amides is 1. The number of fused-ring (bicyclic) bond motifs is 1. The third kappa shape index (κ3) is 4.95. The van der Waals surface area contributed by atoms with E-state index in [4.69, 9.17) is 5.26 Å². The summed E-state index contributed by atoms with van der Waals surface area (Å²) in [5.41, 5.74) is 2.89. The Morgan fingerprint density at radius 3 is 2.61 bits per heavy atom. The zero-order chi connectivity index (χ0) is 27.2. The van der Waals surface area contributed by atoms with Crippen molar-refractivity contribution in [2.45, 2.75) is 52.5 Å². The molecule has 1 fully saturated rings. The number of alkyl halides is 3. The zero-order valence-corrected chi connectivity index (χ0v) is 22.2. The molecule has 0 saturated carbocycles. The molecule has 3 aromatic rings. The quantitative estimate of drug-likeness (QED) is 0.492. The Labute approximate surface area is 222 Å². The van der Waals surface area contributed by atoms with E-state index in [1.165, 1.54) is 23.6 Å². The maximum absolute atomic E-state index is 13.9. The van der Waals surface area contributed by atoms with Crippen molar-refractivity contribution in [2.24, 2.45) is 0 Å². The van der Waals surface area contributed by atoms with Crippen molar-refractivity contribution in [3.05, 3.63) is 57.4 Å². The molecular weight excluding hydrogens is 515 g/mol. The van der Waals surface area contributed by atoms with Gasteiger partial charge in [-0.05, 0) is 56.5 Å². The Balaban J connectivity index is 1.39. The van der Waals surface area contributed by atoms with E-state index >= 15 is 0 Å². The fourth-order valence-electron chi connectivity index (χ4n) is 5.45. The second-order valence-electron chi connectivity index (χ2n) is 9.84. The van der Waals surface area contributed by atoms with Gasteiger partial charge in [-0.3, -0.25) is 9.48 Å². The van der Waals surface area contributed by atoms with E-state index in [1.807, 2.05) is 36.6 Å². The number of thiazole rings is 1. The lowest BCUT2D eigenvalue weighted by atomic mass is 9.91. The molecule has 12 heteroatoms. The van der Waals surface area contributed by atoms with Gasteiger partial charge in [0, 0.05) is 50.1 Å². The molecule has 1 saturated heterocycles. The van der Waals surface area contributed by atoms with Crippen LogP contribution in [0.1, 0.15) is 39.9 Å². The molecular formula is C26H28F3N7OS. The molecule has 1 unspecified atom stereocenters. The van der Waals surface area contributed by atoms with Crippen molar-refractivity contribution < 1.29 is 18.0 Å². The molecule has 2 aromatic heterocycles. The van der Waals surface area contributed by atoms with Crippen molar-refractivity contribution in [1.82, 2.24) is 19.7 Å². The van der Waals surface area contributed by atoms with Crippen LogP contribution in [0.25, 0.3) is 0 Å². The third-order valence-electron chi connectivity index (χ3n) is 7.24. The van der Waals surface area contributed by atoms with E-state index in [-0.39, 0.29) is 31.5 Å². The standard InChI is InChI=1S/C26H28F3N7OS/c1-16-10-17(2)36(32-16)15-24(37)35-9-8-33(13-18(35)3)23-5-4-22(26(27,28)29)20-6-7-34(14-21(20)23)25-31-12-19(11-30)38-25/h4-5,10,12,18H,6-9,13-15H2,1-3H3. The van der Waals surface area contributed by atoms with Crippen molar-refractivity contribution >= 4 is 28.1 Å². The predicted octanol–water partition coefficient (Wildman–Crippen LogP) is 4.15. The van der Waals surface area contributed by atoms with Crippen molar-refractivity contribution in [2.75, 3.05) is 36.0 Å². The van der Waals surface area contributed by atoms with Crippen molar-refractivity contribution in [1.29, 1.82) is 5.26 Å². The number of carbonyl (C=O) groups is 1. The Morgan fingerprint density at radius 2 is 1.97 bits per heavy atom. The highest BCUT2D eigenvalue weighted by Crippen LogP contribution is 2.41. The first-order valence-electron chi connectivity index (χ1n) is 12.4. The lowest BCUT2D eigenvalue weighted by molar-refractivity contribution is -0.138. The summed E-state index contributed by atoms with van der Waals surface area (Å²) in [6, 6.07) is 6.63. The van der Waals surface area contributed by atoms with Crippen LogP contribution in [0.3, 0.4) is 0 Å². The van der Waals surface area contributed by atoms with Crippen LogP contribution in [0.2, 0.25) is 0 Å². The van der Waals surface area contributed by atoms with Gasteiger partial charge in [-0.25, -0.2) is 4.98 Å². The smallest absolute Gasteiger partial charge is 0.367 e. The number of rotatable bonds is 4. The summed E-state index contributed by atoms with van der Waals surface area (Å²) >= 11 is 1.24. The molecule has 1 amide bonds. The number of halogens is 3. The van der Waals surface area contributed by atoms with Gasteiger partial charge in [-0.15, -0.1) is 0 Å². The van der Waals surface area contributed by atoms with E-state index in [0.717, 1.165) is 17.1 Å². The van der Waals surface area contributed by atoms with E-state index in [2.05, 4.69) is 21.1 Å². The fraction of sp³-hybridized carbons (Fsp3) is 0.462. The minimum absolute atomic E-state index is 0.0268. The summed E-state index contributed by atoms with van der Waals surface area (Å²) < 4.78 is 43.4. The van der Waals surface area contributed by atoms with Crippen LogP contribution in [-0.4, -0.2) is 57.8 Å². The van der Waals surface area contributed by atoms with Crippen LogP contribution < -0.4 is 9.80 Å². The minimum Gasteiger partial charge on any atom is -0.367 e. The summed E-state index contributed by atoms with van der Waals surface area (Å²) in [4.78, 5) is 23.7. The van der Waals surface area contributed by atoms with E-state index in [1.54, 1.807) is 10.7 Å².